The number of aromatic nitrogens is 2. The molecule has 0 radical (unpaired) electrons. The van der Waals surface area contributed by atoms with Gasteiger partial charge in [0, 0.05) is 24.6 Å². The quantitative estimate of drug-likeness (QED) is 0.682. The lowest BCUT2D eigenvalue weighted by molar-refractivity contribution is 0.102. The van der Waals surface area contributed by atoms with E-state index in [0.717, 1.165) is 30.7 Å². The number of carbonyl (C=O) groups is 1. The van der Waals surface area contributed by atoms with Crippen LogP contribution in [0.4, 0.5) is 5.13 Å². The van der Waals surface area contributed by atoms with Gasteiger partial charge in [-0.15, -0.1) is 10.2 Å². The van der Waals surface area contributed by atoms with Gasteiger partial charge in [-0.3, -0.25) is 10.1 Å². The van der Waals surface area contributed by atoms with Gasteiger partial charge in [0.25, 0.3) is 5.91 Å². The minimum absolute atomic E-state index is 0.0447. The summed E-state index contributed by atoms with van der Waals surface area (Å²) in [6.45, 7) is 0.806. The summed E-state index contributed by atoms with van der Waals surface area (Å²) in [4.78, 5) is 12.4. The van der Waals surface area contributed by atoms with Crippen molar-refractivity contribution in [2.45, 2.75) is 42.6 Å². The first-order valence-electron chi connectivity index (χ1n) is 8.98. The molecule has 1 aromatic heterocycles. The van der Waals surface area contributed by atoms with Crippen molar-refractivity contribution in [1.29, 1.82) is 0 Å². The second kappa shape index (κ2) is 8.03. The van der Waals surface area contributed by atoms with Gasteiger partial charge in [-0.2, -0.15) is 0 Å². The zero-order valence-electron chi connectivity index (χ0n) is 14.9. The lowest BCUT2D eigenvalue weighted by Gasteiger charge is -2.13. The fourth-order valence-electron chi connectivity index (χ4n) is 2.89. The molecule has 1 aliphatic carbocycles. The molecule has 1 atom stereocenters. The van der Waals surface area contributed by atoms with Gasteiger partial charge < -0.3 is 4.74 Å². The second-order valence-electron chi connectivity index (χ2n) is 6.81. The number of nitrogens with one attached hydrogen (secondary N) is 2. The zero-order valence-corrected chi connectivity index (χ0v) is 17.2. The second-order valence-corrected chi connectivity index (χ2v) is 9.96. The molecule has 11 heteroatoms. The maximum absolute atomic E-state index is 12.6. The van der Waals surface area contributed by atoms with E-state index in [9.17, 15) is 13.2 Å². The summed E-state index contributed by atoms with van der Waals surface area (Å²) < 4.78 is 33.2. The summed E-state index contributed by atoms with van der Waals surface area (Å²) in [5.74, 6) is -0.0175. The minimum Gasteiger partial charge on any atom is -0.377 e. The Bertz CT molecular complexity index is 985. The molecule has 1 saturated carbocycles. The van der Waals surface area contributed by atoms with Crippen LogP contribution in [0.3, 0.4) is 0 Å². The van der Waals surface area contributed by atoms with Crippen LogP contribution >= 0.6 is 22.9 Å². The average Bonchev–Trinajstić information content (AvgIpc) is 3.18. The molecule has 0 unspecified atom stereocenters. The SMILES string of the molecule is O=C(Nc1nnc(C2CC2)s1)c1ccc(Cl)c(S(=O)(=O)NC[C@H]2CCCO2)c1. The Labute approximate surface area is 171 Å². The third kappa shape index (κ3) is 4.52. The van der Waals surface area contributed by atoms with Gasteiger partial charge in [0.2, 0.25) is 15.2 Å². The zero-order chi connectivity index (χ0) is 19.7. The van der Waals surface area contributed by atoms with Gasteiger partial charge >= 0.3 is 0 Å². The van der Waals surface area contributed by atoms with E-state index in [1.165, 1.54) is 29.5 Å². The molecule has 0 bridgehead atoms. The largest absolute Gasteiger partial charge is 0.377 e. The molecule has 2 aromatic rings. The van der Waals surface area contributed by atoms with E-state index in [2.05, 4.69) is 20.2 Å². The van der Waals surface area contributed by atoms with Gasteiger partial charge in [0.15, 0.2) is 0 Å². The molecular weight excluding hydrogens is 424 g/mol. The topological polar surface area (TPSA) is 110 Å². The van der Waals surface area contributed by atoms with Crippen molar-refractivity contribution in [3.8, 4) is 0 Å². The normalized spacial score (nSPS) is 19.7. The predicted octanol–water partition coefficient (Wildman–Crippen LogP) is 2.78. The summed E-state index contributed by atoms with van der Waals surface area (Å²) in [6, 6.07) is 4.13. The highest BCUT2D eigenvalue weighted by molar-refractivity contribution is 7.89. The molecule has 2 N–H and O–H groups in total. The van der Waals surface area contributed by atoms with E-state index in [1.807, 2.05) is 0 Å². The lowest BCUT2D eigenvalue weighted by Crippen LogP contribution is -2.32. The number of benzene rings is 1. The summed E-state index contributed by atoms with van der Waals surface area (Å²) in [5.41, 5.74) is 0.171. The van der Waals surface area contributed by atoms with Gasteiger partial charge in [0.05, 0.1) is 11.1 Å². The lowest BCUT2D eigenvalue weighted by atomic mass is 10.2. The molecule has 150 valence electrons. The molecule has 1 aliphatic heterocycles. The number of carbonyl (C=O) groups excluding carboxylic acids is 1. The molecule has 2 fully saturated rings. The van der Waals surface area contributed by atoms with Crippen molar-refractivity contribution in [1.82, 2.24) is 14.9 Å². The Morgan fingerprint density at radius 1 is 1.29 bits per heavy atom. The monoisotopic (exact) mass is 442 g/mol. The molecule has 2 aliphatic rings. The molecule has 8 nitrogen and oxygen atoms in total. The van der Waals surface area contributed by atoms with Gasteiger partial charge in [-0.25, -0.2) is 13.1 Å². The number of amides is 1. The number of anilines is 1. The summed E-state index contributed by atoms with van der Waals surface area (Å²) in [6.07, 6.45) is 3.78. The van der Waals surface area contributed by atoms with E-state index < -0.39 is 15.9 Å². The van der Waals surface area contributed by atoms with Crippen molar-refractivity contribution in [2.75, 3.05) is 18.5 Å². The van der Waals surface area contributed by atoms with Gasteiger partial charge in [-0.05, 0) is 43.9 Å². The van der Waals surface area contributed by atoms with Crippen LogP contribution in [0.1, 0.15) is 47.0 Å². The number of rotatable bonds is 7. The summed E-state index contributed by atoms with van der Waals surface area (Å²) in [7, 11) is -3.87. The molecule has 1 saturated heterocycles. The fourth-order valence-corrected chi connectivity index (χ4v) is 5.38. The maximum atomic E-state index is 12.6. The first kappa shape index (κ1) is 19.7. The van der Waals surface area contributed by atoms with Crippen molar-refractivity contribution in [3.05, 3.63) is 33.8 Å². The molecule has 4 rings (SSSR count). The number of ether oxygens (including phenoxy) is 1. The maximum Gasteiger partial charge on any atom is 0.257 e. The summed E-state index contributed by atoms with van der Waals surface area (Å²) in [5, 5.41) is 12.1. The molecular formula is C17H19ClN4O4S2. The third-order valence-electron chi connectivity index (χ3n) is 4.60. The highest BCUT2D eigenvalue weighted by Gasteiger charge is 2.28. The van der Waals surface area contributed by atoms with Crippen LogP contribution in [-0.2, 0) is 14.8 Å². The van der Waals surface area contributed by atoms with Crippen LogP contribution in [0, 0.1) is 0 Å². The van der Waals surface area contributed by atoms with E-state index >= 15 is 0 Å². The Kier molecular flexibility index (Phi) is 5.66. The first-order valence-corrected chi connectivity index (χ1v) is 11.7. The van der Waals surface area contributed by atoms with Crippen molar-refractivity contribution in [3.63, 3.8) is 0 Å². The molecule has 0 spiro atoms. The number of hydrogen-bond donors (Lipinski definition) is 2. The predicted molar refractivity (Wildman–Crippen MR) is 105 cm³/mol. The van der Waals surface area contributed by atoms with E-state index in [-0.39, 0.29) is 28.1 Å². The molecule has 1 aromatic carbocycles. The molecule has 2 heterocycles. The number of sulfonamides is 1. The first-order chi connectivity index (χ1) is 13.4. The van der Waals surface area contributed by atoms with Gasteiger partial charge in [0.1, 0.15) is 9.90 Å². The third-order valence-corrected chi connectivity index (χ3v) is 7.50. The van der Waals surface area contributed by atoms with E-state index in [4.69, 9.17) is 16.3 Å². The van der Waals surface area contributed by atoms with Crippen molar-refractivity contribution >= 4 is 44.0 Å². The Morgan fingerprint density at radius 2 is 2.11 bits per heavy atom. The van der Waals surface area contributed by atoms with Crippen LogP contribution < -0.4 is 10.0 Å². The molecule has 28 heavy (non-hydrogen) atoms. The molecule has 1 amide bonds. The average molecular weight is 443 g/mol. The van der Waals surface area contributed by atoms with E-state index in [0.29, 0.717) is 17.7 Å². The highest BCUT2D eigenvalue weighted by atomic mass is 35.5. The minimum atomic E-state index is -3.87. The van der Waals surface area contributed by atoms with Crippen LogP contribution in [-0.4, -0.2) is 43.8 Å². The standard InChI is InChI=1S/C17H19ClN4O4S2/c18-13-6-5-11(15(23)20-17-22-21-16(27-17)10-3-4-10)8-14(13)28(24,25)19-9-12-2-1-7-26-12/h5-6,8,10,12,19H,1-4,7,9H2,(H,20,22,23)/t12-/m1/s1. The smallest absolute Gasteiger partial charge is 0.257 e. The highest BCUT2D eigenvalue weighted by Crippen LogP contribution is 2.42. The number of hydrogen-bond acceptors (Lipinski definition) is 7. The summed E-state index contributed by atoms with van der Waals surface area (Å²) >= 11 is 7.42. The van der Waals surface area contributed by atoms with Crippen LogP contribution in [0.15, 0.2) is 23.1 Å². The number of nitrogens with zero attached hydrogens (tertiary/aromatic N) is 2. The van der Waals surface area contributed by atoms with Crippen LogP contribution in [0.5, 0.6) is 0 Å². The van der Waals surface area contributed by atoms with Crippen LogP contribution in [0.25, 0.3) is 0 Å². The van der Waals surface area contributed by atoms with Gasteiger partial charge in [-0.1, -0.05) is 22.9 Å². The van der Waals surface area contributed by atoms with Crippen LogP contribution in [0.2, 0.25) is 5.02 Å². The number of halogens is 1. The Balaban J connectivity index is 1.47. The van der Waals surface area contributed by atoms with Crippen molar-refractivity contribution in [2.24, 2.45) is 0 Å². The Morgan fingerprint density at radius 3 is 2.82 bits per heavy atom. The van der Waals surface area contributed by atoms with Crippen molar-refractivity contribution < 1.29 is 17.9 Å². The Hall–Kier alpha value is -1.59. The fraction of sp³-hybridized carbons (Fsp3) is 0.471. The van der Waals surface area contributed by atoms with E-state index in [1.54, 1.807) is 0 Å².